The van der Waals surface area contributed by atoms with Crippen LogP contribution >= 0.6 is 11.8 Å². The van der Waals surface area contributed by atoms with Crippen LogP contribution < -0.4 is 5.32 Å². The lowest BCUT2D eigenvalue weighted by Gasteiger charge is -2.17. The minimum atomic E-state index is -0.841. The van der Waals surface area contributed by atoms with Crippen molar-refractivity contribution in [2.75, 3.05) is 36.5 Å². The molecule has 6 heteroatoms. The zero-order valence-corrected chi connectivity index (χ0v) is 13.4. The van der Waals surface area contributed by atoms with E-state index in [0.717, 1.165) is 25.4 Å². The summed E-state index contributed by atoms with van der Waals surface area (Å²) in [5, 5.41) is 5.65. The summed E-state index contributed by atoms with van der Waals surface area (Å²) in [5.41, 5.74) is 0.685. The van der Waals surface area contributed by atoms with Crippen LogP contribution in [-0.2, 0) is 4.79 Å². The number of anilines is 1. The average Bonchev–Trinajstić information content (AvgIpc) is 2.52. The third kappa shape index (κ3) is 6.73. The molecule has 5 nitrogen and oxygen atoms in total. The SMILES string of the molecule is CCN(CC)CCSCC(N=O)C(=O)Nc1ccccc1. The Morgan fingerprint density at radius 1 is 1.29 bits per heavy atom. The molecule has 1 N–H and O–H groups in total. The van der Waals surface area contributed by atoms with E-state index < -0.39 is 6.04 Å². The molecule has 1 aromatic rings. The fourth-order valence-corrected chi connectivity index (χ4v) is 2.82. The number of nitrogens with zero attached hydrogens (tertiary/aromatic N) is 2. The maximum absolute atomic E-state index is 12.0. The summed E-state index contributed by atoms with van der Waals surface area (Å²) in [4.78, 5) is 25.1. The van der Waals surface area contributed by atoms with E-state index in [1.807, 2.05) is 18.2 Å². The molecule has 1 atom stereocenters. The summed E-state index contributed by atoms with van der Waals surface area (Å²) in [6, 6.07) is 8.26. The van der Waals surface area contributed by atoms with Crippen molar-refractivity contribution in [2.24, 2.45) is 5.18 Å². The van der Waals surface area contributed by atoms with E-state index in [0.29, 0.717) is 11.4 Å². The molecule has 1 rings (SSSR count). The van der Waals surface area contributed by atoms with Crippen LogP contribution in [0.25, 0.3) is 0 Å². The molecule has 0 spiro atoms. The molecule has 1 amide bonds. The van der Waals surface area contributed by atoms with Crippen molar-refractivity contribution in [3.05, 3.63) is 35.2 Å². The van der Waals surface area contributed by atoms with Crippen molar-refractivity contribution < 1.29 is 4.79 Å². The molecule has 116 valence electrons. The molecular formula is C15H23N3O2S. The minimum Gasteiger partial charge on any atom is -0.324 e. The van der Waals surface area contributed by atoms with Crippen LogP contribution in [0.4, 0.5) is 5.69 Å². The Morgan fingerprint density at radius 2 is 1.95 bits per heavy atom. The molecule has 0 aromatic heterocycles. The monoisotopic (exact) mass is 309 g/mol. The van der Waals surface area contributed by atoms with Gasteiger partial charge in [-0.1, -0.05) is 37.2 Å². The lowest BCUT2D eigenvalue weighted by atomic mass is 10.3. The summed E-state index contributed by atoms with van der Waals surface area (Å²) < 4.78 is 0. The first-order chi connectivity index (χ1) is 10.2. The summed E-state index contributed by atoms with van der Waals surface area (Å²) >= 11 is 1.59. The normalized spacial score (nSPS) is 12.1. The van der Waals surface area contributed by atoms with E-state index in [4.69, 9.17) is 0 Å². The number of hydrogen-bond acceptors (Lipinski definition) is 5. The number of nitroso groups, excluding NO2 is 1. The molecule has 0 aliphatic rings. The predicted molar refractivity (Wildman–Crippen MR) is 89.8 cm³/mol. The maximum atomic E-state index is 12.0. The highest BCUT2D eigenvalue weighted by atomic mass is 32.2. The zero-order valence-electron chi connectivity index (χ0n) is 12.6. The van der Waals surface area contributed by atoms with Crippen LogP contribution in [0, 0.1) is 4.91 Å². The first-order valence-corrected chi connectivity index (χ1v) is 8.35. The quantitative estimate of drug-likeness (QED) is 0.533. The molecule has 0 radical (unpaired) electrons. The summed E-state index contributed by atoms with van der Waals surface area (Å²) in [5.74, 6) is 0.974. The zero-order chi connectivity index (χ0) is 15.5. The number of thioether (sulfide) groups is 1. The van der Waals surface area contributed by atoms with Crippen molar-refractivity contribution in [3.8, 4) is 0 Å². The van der Waals surface area contributed by atoms with Gasteiger partial charge < -0.3 is 10.2 Å². The Morgan fingerprint density at radius 3 is 2.52 bits per heavy atom. The van der Waals surface area contributed by atoms with Crippen molar-refractivity contribution in [1.29, 1.82) is 0 Å². The van der Waals surface area contributed by atoms with Crippen molar-refractivity contribution in [2.45, 2.75) is 19.9 Å². The van der Waals surface area contributed by atoms with Crippen LogP contribution in [0.15, 0.2) is 35.5 Å². The average molecular weight is 309 g/mol. The largest absolute Gasteiger partial charge is 0.324 e. The van der Waals surface area contributed by atoms with Gasteiger partial charge in [0, 0.05) is 23.7 Å². The Kier molecular flexibility index (Phi) is 8.69. The van der Waals surface area contributed by atoms with Crippen molar-refractivity contribution in [1.82, 2.24) is 4.90 Å². The molecule has 0 fully saturated rings. The molecule has 0 saturated carbocycles. The van der Waals surface area contributed by atoms with Gasteiger partial charge in [0.15, 0.2) is 6.04 Å². The Balaban J connectivity index is 2.33. The number of nitrogens with one attached hydrogen (secondary N) is 1. The molecule has 21 heavy (non-hydrogen) atoms. The molecule has 0 bridgehead atoms. The first kappa shape index (κ1) is 17.7. The van der Waals surface area contributed by atoms with Crippen LogP contribution in [0.3, 0.4) is 0 Å². The number of amides is 1. The van der Waals surface area contributed by atoms with Crippen molar-refractivity contribution >= 4 is 23.4 Å². The highest BCUT2D eigenvalue weighted by Crippen LogP contribution is 2.11. The fraction of sp³-hybridized carbons (Fsp3) is 0.533. The van der Waals surface area contributed by atoms with E-state index in [2.05, 4.69) is 29.2 Å². The van der Waals surface area contributed by atoms with Gasteiger partial charge in [0.2, 0.25) is 0 Å². The third-order valence-corrected chi connectivity index (χ3v) is 4.22. The molecule has 1 unspecified atom stereocenters. The number of para-hydroxylation sites is 1. The van der Waals surface area contributed by atoms with E-state index in [1.54, 1.807) is 23.9 Å². The Bertz CT molecular complexity index is 424. The van der Waals surface area contributed by atoms with Crippen LogP contribution in [-0.4, -0.2) is 48.0 Å². The van der Waals surface area contributed by atoms with Gasteiger partial charge >= 0.3 is 0 Å². The number of carbonyl (C=O) groups is 1. The molecule has 0 aliphatic heterocycles. The van der Waals surface area contributed by atoms with Crippen LogP contribution in [0.5, 0.6) is 0 Å². The molecule has 0 aliphatic carbocycles. The highest BCUT2D eigenvalue weighted by molar-refractivity contribution is 7.99. The van der Waals surface area contributed by atoms with Gasteiger partial charge in [-0.25, -0.2) is 0 Å². The van der Waals surface area contributed by atoms with E-state index in [-0.39, 0.29) is 5.91 Å². The first-order valence-electron chi connectivity index (χ1n) is 7.19. The Hall–Kier alpha value is -1.40. The number of carbonyl (C=O) groups excluding carboxylic acids is 1. The molecule has 0 saturated heterocycles. The Labute approximate surface area is 130 Å². The van der Waals surface area contributed by atoms with Gasteiger partial charge in [-0.2, -0.15) is 11.8 Å². The van der Waals surface area contributed by atoms with E-state index in [1.165, 1.54) is 0 Å². The van der Waals surface area contributed by atoms with Gasteiger partial charge in [-0.3, -0.25) is 4.79 Å². The van der Waals surface area contributed by atoms with Gasteiger partial charge in [-0.15, -0.1) is 4.91 Å². The van der Waals surface area contributed by atoms with Crippen LogP contribution in [0.1, 0.15) is 13.8 Å². The van der Waals surface area contributed by atoms with E-state index in [9.17, 15) is 9.70 Å². The predicted octanol–water partition coefficient (Wildman–Crippen LogP) is 2.84. The molecular weight excluding hydrogens is 286 g/mol. The van der Waals surface area contributed by atoms with Gasteiger partial charge in [0.25, 0.3) is 5.91 Å². The third-order valence-electron chi connectivity index (χ3n) is 3.19. The number of benzene rings is 1. The van der Waals surface area contributed by atoms with E-state index >= 15 is 0 Å². The van der Waals surface area contributed by atoms with Crippen molar-refractivity contribution in [3.63, 3.8) is 0 Å². The minimum absolute atomic E-state index is 0.341. The second-order valence-corrected chi connectivity index (χ2v) is 5.73. The van der Waals surface area contributed by atoms with Crippen LogP contribution in [0.2, 0.25) is 0 Å². The molecule has 1 aromatic carbocycles. The highest BCUT2D eigenvalue weighted by Gasteiger charge is 2.19. The van der Waals surface area contributed by atoms with Gasteiger partial charge in [-0.05, 0) is 25.2 Å². The summed E-state index contributed by atoms with van der Waals surface area (Å²) in [7, 11) is 0. The molecule has 0 heterocycles. The summed E-state index contributed by atoms with van der Waals surface area (Å²) in [6.07, 6.45) is 0. The lowest BCUT2D eigenvalue weighted by molar-refractivity contribution is -0.116. The fourth-order valence-electron chi connectivity index (χ4n) is 1.83. The topological polar surface area (TPSA) is 61.8 Å². The summed E-state index contributed by atoms with van der Waals surface area (Å²) in [6.45, 7) is 7.24. The number of rotatable bonds is 10. The smallest absolute Gasteiger partial charge is 0.253 e. The number of hydrogen-bond donors (Lipinski definition) is 1. The van der Waals surface area contributed by atoms with Gasteiger partial charge in [0.1, 0.15) is 0 Å². The lowest BCUT2D eigenvalue weighted by Crippen LogP contribution is -2.29. The second-order valence-electron chi connectivity index (χ2n) is 4.58. The van der Waals surface area contributed by atoms with Gasteiger partial charge in [0.05, 0.1) is 0 Å². The second kappa shape index (κ2) is 10.3. The standard InChI is InChI=1S/C15H23N3O2S/c1-3-18(4-2)10-11-21-12-14(17-20)15(19)16-13-8-6-5-7-9-13/h5-9,14H,3-4,10-12H2,1-2H3,(H,16,19). The maximum Gasteiger partial charge on any atom is 0.253 e.